The second-order valence-corrected chi connectivity index (χ2v) is 1.59. The van der Waals surface area contributed by atoms with Crippen LogP contribution in [0.3, 0.4) is 0 Å². The van der Waals surface area contributed by atoms with E-state index in [0.29, 0.717) is 0 Å². The van der Waals surface area contributed by atoms with E-state index < -0.39 is 0 Å². The molecule has 0 saturated heterocycles. The topological polar surface area (TPSA) is 9.23 Å². The van der Waals surface area contributed by atoms with Gasteiger partial charge in [-0.3, -0.25) is 0 Å². The third-order valence-electron chi connectivity index (χ3n) is 0.589. The predicted molar refractivity (Wildman–Crippen MR) is 41.5 cm³/mol. The first-order valence-corrected chi connectivity index (χ1v) is 2.75. The molecule has 0 aromatic heterocycles. The summed E-state index contributed by atoms with van der Waals surface area (Å²) in [5.74, 6) is 0. The second-order valence-electron chi connectivity index (χ2n) is 1.19. The Kier molecular flexibility index (Phi) is 32.1. The number of rotatable bonds is 3. The van der Waals surface area contributed by atoms with Crippen LogP contribution in [0.25, 0.3) is 0 Å². The van der Waals surface area contributed by atoms with Crippen molar-refractivity contribution < 1.29 is 21.4 Å². The zero-order valence-corrected chi connectivity index (χ0v) is 9.62. The van der Waals surface area contributed by atoms with Crippen LogP contribution in [-0.2, 0) is 21.4 Å². The quantitative estimate of drug-likeness (QED) is 0.724. The Morgan fingerprint density at radius 3 is 2.00 bits per heavy atom. The summed E-state index contributed by atoms with van der Waals surface area (Å²) in [4.78, 5) is 0. The summed E-state index contributed by atoms with van der Waals surface area (Å²) < 4.78 is 4.72. The Morgan fingerprint density at radius 2 is 1.88 bits per heavy atom. The molecule has 0 unspecified atom stereocenters. The number of hydrogen-bond acceptors (Lipinski definition) is 1. The first-order valence-electron chi connectivity index (χ1n) is 2.18. The Hall–Kier alpha value is 1.50. The molecule has 0 amide bonds. The Labute approximate surface area is 81.4 Å². The molecule has 4 heteroatoms. The van der Waals surface area contributed by atoms with E-state index in [1.807, 2.05) is 0 Å². The van der Waals surface area contributed by atoms with Crippen molar-refractivity contribution in [3.8, 4) is 0 Å². The summed E-state index contributed by atoms with van der Waals surface area (Å²) in [7, 11) is 0. The van der Waals surface area contributed by atoms with Crippen molar-refractivity contribution >= 4 is 34.0 Å². The van der Waals surface area contributed by atoms with Gasteiger partial charge < -0.3 is 0 Å². The molecular weight excluding hydrogens is 275 g/mol. The van der Waals surface area contributed by atoms with Crippen LogP contribution in [0.1, 0.15) is 19.8 Å². The third kappa shape index (κ3) is 15.6. The molecule has 0 rings (SSSR count). The van der Waals surface area contributed by atoms with Crippen LogP contribution < -0.4 is 0 Å². The van der Waals surface area contributed by atoms with Crippen LogP contribution in [0.4, 0.5) is 0 Å². The van der Waals surface area contributed by atoms with Gasteiger partial charge in [-0.1, -0.05) is 0 Å². The van der Waals surface area contributed by atoms with Gasteiger partial charge in [0.15, 0.2) is 0 Å². The maximum atomic E-state index is 4.72. The molecule has 1 nitrogen and oxygen atoms in total. The van der Waals surface area contributed by atoms with Crippen molar-refractivity contribution in [2.75, 3.05) is 6.61 Å². The minimum atomic E-state index is 0. The van der Waals surface area contributed by atoms with E-state index in [0.717, 1.165) is 6.61 Å². The molecule has 0 aliphatic carbocycles. The summed E-state index contributed by atoms with van der Waals surface area (Å²) in [5.41, 5.74) is 0. The van der Waals surface area contributed by atoms with Gasteiger partial charge in [0.05, 0.1) is 0 Å². The summed E-state index contributed by atoms with van der Waals surface area (Å²) in [6.45, 7) is 3.03. The molecule has 0 aliphatic heterocycles. The zero-order chi connectivity index (χ0) is 4.83. The number of unbranched alkanes of at least 4 members (excludes halogenated alkanes) is 1. The van der Waals surface area contributed by atoms with Gasteiger partial charge in [-0.05, 0) is 0 Å². The zero-order valence-electron chi connectivity index (χ0n) is 4.79. The first kappa shape index (κ1) is 16.2. The van der Waals surface area contributed by atoms with Gasteiger partial charge in [-0.25, -0.2) is 0 Å². The molecular formula is C4H11Br2OV. The normalized spacial score (nSPS) is 6.62. The van der Waals surface area contributed by atoms with Crippen LogP contribution >= 0.6 is 34.0 Å². The molecule has 0 bridgehead atoms. The summed E-state index contributed by atoms with van der Waals surface area (Å²) in [6, 6.07) is 0. The van der Waals surface area contributed by atoms with E-state index in [1.54, 1.807) is 0 Å². The number of hydrogen-bond donors (Lipinski definition) is 0. The molecule has 0 atom stereocenters. The van der Waals surface area contributed by atoms with E-state index in [-0.39, 0.29) is 34.0 Å². The molecule has 0 aromatic rings. The average Bonchev–Trinajstić information content (AvgIpc) is 1.61. The monoisotopic (exact) mass is 284 g/mol. The molecule has 0 heterocycles. The fourth-order valence-corrected chi connectivity index (χ4v) is 0.410. The van der Waals surface area contributed by atoms with Crippen LogP contribution in [0.2, 0.25) is 0 Å². The average molecular weight is 286 g/mol. The molecule has 0 radical (unpaired) electrons. The molecule has 8 heavy (non-hydrogen) atoms. The van der Waals surface area contributed by atoms with Crippen LogP contribution in [0, 0.1) is 0 Å². The molecule has 0 N–H and O–H groups in total. The van der Waals surface area contributed by atoms with Crippen molar-refractivity contribution in [3.05, 3.63) is 0 Å². The second kappa shape index (κ2) is 15.8. The maximum absolute atomic E-state index is 4.72. The molecule has 52 valence electrons. The minimum absolute atomic E-state index is 0. The third-order valence-corrected chi connectivity index (χ3v) is 0.874. The Morgan fingerprint density at radius 1 is 1.38 bits per heavy atom. The van der Waals surface area contributed by atoms with Gasteiger partial charge in [0.2, 0.25) is 0 Å². The van der Waals surface area contributed by atoms with E-state index in [4.69, 9.17) is 3.66 Å². The van der Waals surface area contributed by atoms with Crippen molar-refractivity contribution in [2.45, 2.75) is 19.8 Å². The van der Waals surface area contributed by atoms with Gasteiger partial charge in [0.1, 0.15) is 0 Å². The van der Waals surface area contributed by atoms with Gasteiger partial charge in [-0.2, -0.15) is 0 Å². The first-order chi connectivity index (χ1) is 2.91. The van der Waals surface area contributed by atoms with Crippen LogP contribution in [0.5, 0.6) is 0 Å². The van der Waals surface area contributed by atoms with Crippen molar-refractivity contribution in [2.24, 2.45) is 0 Å². The fourth-order valence-electron chi connectivity index (χ4n) is 0.209. The van der Waals surface area contributed by atoms with Gasteiger partial charge in [0, 0.05) is 0 Å². The van der Waals surface area contributed by atoms with Crippen LogP contribution in [-0.4, -0.2) is 6.61 Å². The molecule has 0 saturated carbocycles. The fraction of sp³-hybridized carbons (Fsp3) is 1.00. The Bertz CT molecular complexity index is 26.0. The van der Waals surface area contributed by atoms with E-state index in [9.17, 15) is 0 Å². The Balaban J connectivity index is -0.000000125. The SMILES string of the molecule is Br.Br.CCCC[O][V]. The van der Waals surface area contributed by atoms with Crippen molar-refractivity contribution in [3.63, 3.8) is 0 Å². The molecule has 0 fully saturated rings. The standard InChI is InChI=1S/C4H9O.2BrH.V/c1-2-3-4-5;;;/h2-4H2,1H3;2*1H;/q-1;;;+1. The van der Waals surface area contributed by atoms with Crippen molar-refractivity contribution in [1.82, 2.24) is 0 Å². The van der Waals surface area contributed by atoms with E-state index >= 15 is 0 Å². The predicted octanol–water partition coefficient (Wildman–Crippen LogP) is 2.42. The molecule has 0 spiro atoms. The van der Waals surface area contributed by atoms with E-state index in [1.165, 1.54) is 12.8 Å². The van der Waals surface area contributed by atoms with Gasteiger partial charge in [-0.15, -0.1) is 34.0 Å². The number of halogens is 2. The van der Waals surface area contributed by atoms with Gasteiger partial charge >= 0.3 is 47.8 Å². The van der Waals surface area contributed by atoms with Gasteiger partial charge in [0.25, 0.3) is 0 Å². The summed E-state index contributed by atoms with van der Waals surface area (Å²) in [5, 5.41) is 0. The molecule has 0 aliphatic rings. The van der Waals surface area contributed by atoms with Crippen molar-refractivity contribution in [1.29, 1.82) is 0 Å². The summed E-state index contributed by atoms with van der Waals surface area (Å²) in [6.07, 6.45) is 2.40. The summed E-state index contributed by atoms with van der Waals surface area (Å²) >= 11 is 2.10. The molecule has 0 aromatic carbocycles. The van der Waals surface area contributed by atoms with E-state index in [2.05, 4.69) is 24.7 Å². The van der Waals surface area contributed by atoms with Crippen LogP contribution in [0.15, 0.2) is 0 Å².